The van der Waals surface area contributed by atoms with Crippen LogP contribution in [0.1, 0.15) is 13.3 Å². The van der Waals surface area contributed by atoms with E-state index in [2.05, 4.69) is 13.5 Å². The van der Waals surface area contributed by atoms with Crippen molar-refractivity contribution in [1.82, 2.24) is 0 Å². The van der Waals surface area contributed by atoms with Crippen molar-refractivity contribution in [2.45, 2.75) is 13.3 Å². The molecule has 0 aliphatic heterocycles. The number of hydrogen-bond donors (Lipinski definition) is 0. The van der Waals surface area contributed by atoms with Crippen LogP contribution in [0.3, 0.4) is 0 Å². The molecular weight excluding hydrogens is 348 g/mol. The molecule has 0 heterocycles. The summed E-state index contributed by atoms with van der Waals surface area (Å²) in [5, 5.41) is 0. The van der Waals surface area contributed by atoms with Crippen LogP contribution < -0.4 is 0 Å². The second-order valence-electron chi connectivity index (χ2n) is 2.18. The van der Waals surface area contributed by atoms with Gasteiger partial charge in [0.2, 0.25) is 0 Å². The van der Waals surface area contributed by atoms with E-state index in [0.29, 0.717) is 0 Å². The fourth-order valence-electron chi connectivity index (χ4n) is 0. The van der Waals surface area contributed by atoms with Crippen LogP contribution in [0.4, 0.5) is 51.8 Å². The molecule has 0 rings (SSSR count). The van der Waals surface area contributed by atoms with Crippen molar-refractivity contribution in [3.63, 3.8) is 0 Å². The van der Waals surface area contributed by atoms with E-state index >= 15 is 0 Å². The Morgan fingerprint density at radius 3 is 0.700 bits per heavy atom. The first-order valence-electron chi connectivity index (χ1n) is 4.14. The summed E-state index contributed by atoms with van der Waals surface area (Å²) in [6.45, 7) is 5.54. The molecule has 0 nitrogen and oxygen atoms in total. The van der Waals surface area contributed by atoms with E-state index in [1.807, 2.05) is 6.08 Å². The minimum atomic E-state index is -6.00. The Bertz CT molecular complexity index is 150. The van der Waals surface area contributed by atoms with Gasteiger partial charge in [-0.1, -0.05) is 13.0 Å². The van der Waals surface area contributed by atoms with E-state index in [-0.39, 0.29) is 51.4 Å². The maximum atomic E-state index is 9.75. The molecule has 0 spiro atoms. The van der Waals surface area contributed by atoms with E-state index in [1.165, 1.54) is 0 Å². The number of rotatable bonds is 1. The van der Waals surface area contributed by atoms with Crippen LogP contribution in [0.2, 0.25) is 0 Å². The normalized spacial score (nSPS) is 10.2. The standard InChI is InChI=1S/C4H8.3BF4.K.H/c1-3-4-2;3*2-1(3,4)5;;/h3H,1,4H2,2H3;;;;;/q;3*-1;;. The molecule has 0 saturated heterocycles. The van der Waals surface area contributed by atoms with Crippen molar-refractivity contribution < 1.29 is 51.8 Å². The van der Waals surface area contributed by atoms with Gasteiger partial charge in [0.25, 0.3) is 0 Å². The van der Waals surface area contributed by atoms with Gasteiger partial charge in [0, 0.05) is 0 Å². The van der Waals surface area contributed by atoms with Crippen molar-refractivity contribution in [1.29, 1.82) is 0 Å². The van der Waals surface area contributed by atoms with Crippen LogP contribution in [0.15, 0.2) is 12.7 Å². The van der Waals surface area contributed by atoms with Gasteiger partial charge >= 0.3 is 73.1 Å². The number of hydrogen-bond acceptors (Lipinski definition) is 0. The van der Waals surface area contributed by atoms with Gasteiger partial charge < -0.3 is 51.8 Å². The van der Waals surface area contributed by atoms with E-state index < -0.39 is 21.8 Å². The molecule has 0 aromatic rings. The monoisotopic (exact) mass is 357 g/mol. The summed E-state index contributed by atoms with van der Waals surface area (Å²) >= 11 is 0. The predicted molar refractivity (Wildman–Crippen MR) is 58.2 cm³/mol. The van der Waals surface area contributed by atoms with Crippen LogP contribution in [0, 0.1) is 0 Å². The number of halogens is 12. The van der Waals surface area contributed by atoms with E-state index in [1.54, 1.807) is 0 Å². The Morgan fingerprint density at radius 2 is 0.700 bits per heavy atom. The maximum absolute atomic E-state index is 9.75. The summed E-state index contributed by atoms with van der Waals surface area (Å²) in [5.74, 6) is 0. The van der Waals surface area contributed by atoms with Crippen molar-refractivity contribution in [2.75, 3.05) is 0 Å². The molecule has 0 unspecified atom stereocenters. The van der Waals surface area contributed by atoms with Crippen LogP contribution in [-0.2, 0) is 0 Å². The van der Waals surface area contributed by atoms with Gasteiger partial charge in [0.15, 0.2) is 0 Å². The van der Waals surface area contributed by atoms with Crippen LogP contribution in [0.25, 0.3) is 0 Å². The molecular formula is C4H9B3F12K-3. The predicted octanol–water partition coefficient (Wildman–Crippen LogP) is 4.83. The van der Waals surface area contributed by atoms with Gasteiger partial charge in [-0.3, -0.25) is 0 Å². The average molecular weight is 357 g/mol. The molecule has 0 N–H and O–H groups in total. The molecule has 0 fully saturated rings. The Hall–Kier alpha value is 0.731. The zero-order chi connectivity index (χ0) is 16.9. The van der Waals surface area contributed by atoms with Crippen LogP contribution in [-0.4, -0.2) is 73.1 Å². The summed E-state index contributed by atoms with van der Waals surface area (Å²) in [6, 6.07) is 0. The van der Waals surface area contributed by atoms with Gasteiger partial charge in [0.05, 0.1) is 0 Å². The van der Waals surface area contributed by atoms with Crippen molar-refractivity contribution in [3.05, 3.63) is 12.7 Å². The third-order valence-corrected chi connectivity index (χ3v) is 0.289. The average Bonchev–Trinajstić information content (AvgIpc) is 1.93. The molecule has 0 amide bonds. The Morgan fingerprint density at radius 1 is 0.650 bits per heavy atom. The molecule has 122 valence electrons. The Balaban J connectivity index is -0.0000000494. The van der Waals surface area contributed by atoms with E-state index in [0.717, 1.165) is 6.42 Å². The second kappa shape index (κ2) is 16.1. The molecule has 0 radical (unpaired) electrons. The van der Waals surface area contributed by atoms with Crippen molar-refractivity contribution >= 4 is 73.1 Å². The minimum absolute atomic E-state index is 0. The SMILES string of the molecule is C=CCC.F[B-](F)(F)F.F[B-](F)(F)F.F[B-](F)(F)F.[KH]. The molecule has 0 saturated carbocycles. The molecule has 16 heteroatoms. The summed E-state index contributed by atoms with van der Waals surface area (Å²) in [5.41, 5.74) is 0. The van der Waals surface area contributed by atoms with Crippen LogP contribution >= 0.6 is 0 Å². The van der Waals surface area contributed by atoms with E-state index in [4.69, 9.17) is 0 Å². The van der Waals surface area contributed by atoms with Gasteiger partial charge in [-0.2, -0.15) is 0 Å². The van der Waals surface area contributed by atoms with Gasteiger partial charge in [-0.15, -0.1) is 6.58 Å². The topological polar surface area (TPSA) is 0 Å². The Kier molecular flexibility index (Phi) is 26.3. The molecule has 0 aliphatic carbocycles. The number of allylic oxidation sites excluding steroid dienone is 1. The molecule has 20 heavy (non-hydrogen) atoms. The zero-order valence-electron chi connectivity index (χ0n) is 9.26. The third kappa shape index (κ3) is 1960. The van der Waals surface area contributed by atoms with Crippen molar-refractivity contribution in [3.8, 4) is 0 Å². The fourth-order valence-corrected chi connectivity index (χ4v) is 0. The zero-order valence-corrected chi connectivity index (χ0v) is 9.26. The second-order valence-corrected chi connectivity index (χ2v) is 2.18. The summed E-state index contributed by atoms with van der Waals surface area (Å²) in [6.07, 6.45) is 2.96. The quantitative estimate of drug-likeness (QED) is 0.358. The molecule has 0 aliphatic rings. The molecule has 0 aromatic heterocycles. The van der Waals surface area contributed by atoms with Gasteiger partial charge in [-0.05, 0) is 6.42 Å². The summed E-state index contributed by atoms with van der Waals surface area (Å²) in [4.78, 5) is 0. The third-order valence-electron chi connectivity index (χ3n) is 0.289. The summed E-state index contributed by atoms with van der Waals surface area (Å²) < 4.78 is 117. The molecule has 0 atom stereocenters. The first-order chi connectivity index (χ1) is 7.91. The van der Waals surface area contributed by atoms with Crippen molar-refractivity contribution in [2.24, 2.45) is 0 Å². The van der Waals surface area contributed by atoms with E-state index in [9.17, 15) is 51.8 Å². The molecule has 0 aromatic carbocycles. The first-order valence-corrected chi connectivity index (χ1v) is 4.14. The molecule has 0 bridgehead atoms. The van der Waals surface area contributed by atoms with Gasteiger partial charge in [-0.25, -0.2) is 0 Å². The fraction of sp³-hybridized carbons (Fsp3) is 0.500. The van der Waals surface area contributed by atoms with Gasteiger partial charge in [0.1, 0.15) is 0 Å². The Labute approximate surface area is 150 Å². The first kappa shape index (κ1) is 32.6. The van der Waals surface area contributed by atoms with Crippen LogP contribution in [0.5, 0.6) is 0 Å². The summed E-state index contributed by atoms with van der Waals surface area (Å²) in [7, 11) is -18.0.